The molecule has 120 valence electrons. The molecule has 0 fully saturated rings. The molecule has 23 heavy (non-hydrogen) atoms. The monoisotopic (exact) mass is 336 g/mol. The third kappa shape index (κ3) is 4.40. The Bertz CT molecular complexity index is 724. The van der Waals surface area contributed by atoms with Gasteiger partial charge < -0.3 is 14.0 Å². The molecule has 2 aromatic rings. The Kier molecular flexibility index (Phi) is 5.48. The average molecular weight is 337 g/mol. The second kappa shape index (κ2) is 7.55. The molecule has 1 aromatic carbocycles. The van der Waals surface area contributed by atoms with Crippen LogP contribution in [0.5, 0.6) is 0 Å². The number of esters is 2. The molecule has 8 heteroatoms. The zero-order chi connectivity index (χ0) is 16.8. The Morgan fingerprint density at radius 2 is 1.91 bits per heavy atom. The van der Waals surface area contributed by atoms with Gasteiger partial charge in [-0.3, -0.25) is 5.41 Å². The summed E-state index contributed by atoms with van der Waals surface area (Å²) >= 11 is 5.73. The molecule has 0 saturated carbocycles. The summed E-state index contributed by atoms with van der Waals surface area (Å²) in [5, 5.41) is 11.8. The first-order valence-corrected chi connectivity index (χ1v) is 7.03. The van der Waals surface area contributed by atoms with E-state index in [9.17, 15) is 9.59 Å². The van der Waals surface area contributed by atoms with Crippen molar-refractivity contribution in [2.45, 2.75) is 6.92 Å². The topological polar surface area (TPSA) is 102 Å². The summed E-state index contributed by atoms with van der Waals surface area (Å²) in [6, 6.07) is 7.41. The van der Waals surface area contributed by atoms with Crippen molar-refractivity contribution in [2.24, 2.45) is 0 Å². The maximum atomic E-state index is 11.8. The van der Waals surface area contributed by atoms with Crippen LogP contribution in [0.2, 0.25) is 5.02 Å². The van der Waals surface area contributed by atoms with Crippen LogP contribution in [-0.4, -0.2) is 36.0 Å². The van der Waals surface area contributed by atoms with Crippen LogP contribution in [0.15, 0.2) is 34.9 Å². The Balaban J connectivity index is 1.93. The number of nitrogens with zero attached hydrogens (tertiary/aromatic N) is 1. The van der Waals surface area contributed by atoms with E-state index in [1.54, 1.807) is 19.1 Å². The first-order valence-electron chi connectivity index (χ1n) is 6.65. The molecule has 0 unspecified atom stereocenters. The molecule has 0 spiro atoms. The highest BCUT2D eigenvalue weighted by molar-refractivity contribution is 6.30. The second-order valence-corrected chi connectivity index (χ2v) is 4.79. The van der Waals surface area contributed by atoms with Gasteiger partial charge in [-0.05, 0) is 31.2 Å². The molecule has 2 rings (SSSR count). The molecule has 0 amide bonds. The normalized spacial score (nSPS) is 10.2. The quantitative estimate of drug-likeness (QED) is 0.642. The van der Waals surface area contributed by atoms with E-state index < -0.39 is 11.9 Å². The number of aromatic nitrogens is 1. The molecule has 0 aliphatic rings. The van der Waals surface area contributed by atoms with Crippen molar-refractivity contribution in [1.82, 2.24) is 5.16 Å². The van der Waals surface area contributed by atoms with E-state index in [0.717, 1.165) is 0 Å². The lowest BCUT2D eigenvalue weighted by Crippen LogP contribution is -2.14. The van der Waals surface area contributed by atoms with Crippen LogP contribution >= 0.6 is 11.6 Å². The summed E-state index contributed by atoms with van der Waals surface area (Å²) < 4.78 is 14.6. The zero-order valence-corrected chi connectivity index (χ0v) is 12.9. The van der Waals surface area contributed by atoms with E-state index in [-0.39, 0.29) is 30.4 Å². The molecule has 0 atom stereocenters. The van der Waals surface area contributed by atoms with E-state index in [1.807, 2.05) is 0 Å². The number of ether oxygens (including phenoxy) is 2. The van der Waals surface area contributed by atoms with Crippen molar-refractivity contribution in [2.75, 3.05) is 13.2 Å². The van der Waals surface area contributed by atoms with Gasteiger partial charge in [0.25, 0.3) is 0 Å². The third-order valence-corrected chi connectivity index (χ3v) is 2.97. The Labute approximate surface area is 136 Å². The molecule has 7 nitrogen and oxygen atoms in total. The lowest BCUT2D eigenvalue weighted by molar-refractivity contribution is 0.0513. The molecular weight excluding hydrogens is 324 g/mol. The fourth-order valence-corrected chi connectivity index (χ4v) is 1.72. The van der Waals surface area contributed by atoms with E-state index in [2.05, 4.69) is 5.16 Å². The highest BCUT2D eigenvalue weighted by Gasteiger charge is 2.17. The largest absolute Gasteiger partial charge is 0.461 e. The molecule has 0 aliphatic carbocycles. The van der Waals surface area contributed by atoms with Gasteiger partial charge in [0, 0.05) is 11.1 Å². The lowest BCUT2D eigenvalue weighted by Gasteiger charge is -2.04. The standard InChI is InChI=1S/C15H13ClN2O5/c1-2-21-15(20)12-7-13(23-18-12)11(17)8-22-14(19)9-3-5-10(16)6-4-9/h3-7,17H,2,8H2,1H3. The number of carbonyl (C=O) groups excluding carboxylic acids is 2. The summed E-state index contributed by atoms with van der Waals surface area (Å²) in [6.45, 7) is 1.55. The number of halogens is 1. The first kappa shape index (κ1) is 16.7. The third-order valence-electron chi connectivity index (χ3n) is 2.72. The number of benzene rings is 1. The second-order valence-electron chi connectivity index (χ2n) is 4.36. The summed E-state index contributed by atoms with van der Waals surface area (Å²) in [7, 11) is 0. The average Bonchev–Trinajstić information content (AvgIpc) is 3.03. The minimum atomic E-state index is -0.645. The van der Waals surface area contributed by atoms with E-state index in [1.165, 1.54) is 18.2 Å². The fraction of sp³-hybridized carbons (Fsp3) is 0.200. The molecular formula is C15H13ClN2O5. The number of rotatable bonds is 6. The van der Waals surface area contributed by atoms with Crippen LogP contribution < -0.4 is 0 Å². The van der Waals surface area contributed by atoms with Gasteiger partial charge in [0.1, 0.15) is 12.3 Å². The van der Waals surface area contributed by atoms with Gasteiger partial charge in [0.05, 0.1) is 12.2 Å². The van der Waals surface area contributed by atoms with Crippen LogP contribution in [0.4, 0.5) is 0 Å². The van der Waals surface area contributed by atoms with E-state index >= 15 is 0 Å². The van der Waals surface area contributed by atoms with Gasteiger partial charge >= 0.3 is 11.9 Å². The Hall–Kier alpha value is -2.67. The van der Waals surface area contributed by atoms with Gasteiger partial charge in [-0.2, -0.15) is 0 Å². The van der Waals surface area contributed by atoms with Crippen molar-refractivity contribution >= 4 is 29.3 Å². The first-order chi connectivity index (χ1) is 11.0. The van der Waals surface area contributed by atoms with Crippen LogP contribution in [0.3, 0.4) is 0 Å². The SMILES string of the molecule is CCOC(=O)c1cc(C(=N)COC(=O)c2ccc(Cl)cc2)on1. The minimum Gasteiger partial charge on any atom is -0.461 e. The van der Waals surface area contributed by atoms with E-state index in [4.69, 9.17) is 31.0 Å². The Morgan fingerprint density at radius 3 is 2.57 bits per heavy atom. The van der Waals surface area contributed by atoms with Crippen molar-refractivity contribution in [3.8, 4) is 0 Å². The summed E-state index contributed by atoms with van der Waals surface area (Å²) in [5.41, 5.74) is 0.137. The number of hydrogen-bond acceptors (Lipinski definition) is 7. The fourth-order valence-electron chi connectivity index (χ4n) is 1.60. The van der Waals surface area contributed by atoms with E-state index in [0.29, 0.717) is 10.6 Å². The highest BCUT2D eigenvalue weighted by atomic mass is 35.5. The van der Waals surface area contributed by atoms with Gasteiger partial charge in [-0.1, -0.05) is 16.8 Å². The molecule has 1 heterocycles. The maximum absolute atomic E-state index is 11.8. The van der Waals surface area contributed by atoms with Crippen molar-refractivity contribution in [1.29, 1.82) is 5.41 Å². The predicted octanol–water partition coefficient (Wildman–Crippen LogP) is 2.73. The molecule has 0 saturated heterocycles. The zero-order valence-electron chi connectivity index (χ0n) is 12.2. The molecule has 0 radical (unpaired) electrons. The van der Waals surface area contributed by atoms with Gasteiger partial charge in [0.2, 0.25) is 0 Å². The predicted molar refractivity (Wildman–Crippen MR) is 81.0 cm³/mol. The summed E-state index contributed by atoms with van der Waals surface area (Å²) in [5.74, 6) is -1.22. The summed E-state index contributed by atoms with van der Waals surface area (Å²) in [6.07, 6.45) is 0. The number of nitrogens with one attached hydrogen (secondary N) is 1. The van der Waals surface area contributed by atoms with Crippen LogP contribution in [-0.2, 0) is 9.47 Å². The van der Waals surface area contributed by atoms with Gasteiger partial charge in [-0.25, -0.2) is 9.59 Å². The van der Waals surface area contributed by atoms with Crippen molar-refractivity contribution in [3.63, 3.8) is 0 Å². The number of hydrogen-bond donors (Lipinski definition) is 1. The maximum Gasteiger partial charge on any atom is 0.360 e. The Morgan fingerprint density at radius 1 is 1.22 bits per heavy atom. The van der Waals surface area contributed by atoms with Crippen LogP contribution in [0, 0.1) is 5.41 Å². The van der Waals surface area contributed by atoms with Gasteiger partial charge in [-0.15, -0.1) is 0 Å². The molecule has 0 aliphatic heterocycles. The molecule has 1 N–H and O–H groups in total. The number of carbonyl (C=O) groups is 2. The molecule has 0 bridgehead atoms. The summed E-state index contributed by atoms with van der Waals surface area (Å²) in [4.78, 5) is 23.3. The smallest absolute Gasteiger partial charge is 0.360 e. The van der Waals surface area contributed by atoms with Crippen molar-refractivity contribution < 1.29 is 23.6 Å². The highest BCUT2D eigenvalue weighted by Crippen LogP contribution is 2.11. The van der Waals surface area contributed by atoms with Crippen molar-refractivity contribution in [3.05, 3.63) is 52.4 Å². The lowest BCUT2D eigenvalue weighted by atomic mass is 10.2. The minimum absolute atomic E-state index is 0.0250. The van der Waals surface area contributed by atoms with Gasteiger partial charge in [0.15, 0.2) is 11.5 Å². The van der Waals surface area contributed by atoms with Crippen LogP contribution in [0.1, 0.15) is 33.5 Å². The van der Waals surface area contributed by atoms with Crippen LogP contribution in [0.25, 0.3) is 0 Å². The molecule has 1 aromatic heterocycles.